The molecule has 2 nitrogen and oxygen atoms in total. The average molecular weight is 307 g/mol. The Morgan fingerprint density at radius 2 is 1.94 bits per heavy atom. The third-order valence-corrected chi connectivity index (χ3v) is 3.55. The molecule has 90 valence electrons. The number of aliphatic hydroxyl groups excluding tert-OH is 1. The largest absolute Gasteiger partial charge is 0.396 e. The Balaban J connectivity index is 2.19. The molecule has 4 heteroatoms. The van der Waals surface area contributed by atoms with Gasteiger partial charge in [0.05, 0.1) is 5.02 Å². The fourth-order valence-corrected chi connectivity index (χ4v) is 1.93. The maximum absolute atomic E-state index is 8.62. The summed E-state index contributed by atoms with van der Waals surface area (Å²) in [6, 6.07) is 5.83. The van der Waals surface area contributed by atoms with E-state index < -0.39 is 0 Å². The molecule has 0 saturated heterocycles. The summed E-state index contributed by atoms with van der Waals surface area (Å²) in [5.74, 6) is 0. The molecule has 0 bridgehead atoms. The molecule has 0 spiro atoms. The summed E-state index contributed by atoms with van der Waals surface area (Å²) < 4.78 is 0.916. The average Bonchev–Trinajstić information content (AvgIpc) is 2.28. The normalized spacial score (nSPS) is 10.4. The molecule has 0 aliphatic heterocycles. The van der Waals surface area contributed by atoms with Crippen LogP contribution in [0.1, 0.15) is 25.7 Å². The van der Waals surface area contributed by atoms with E-state index in [1.165, 1.54) is 0 Å². The molecule has 0 amide bonds. The van der Waals surface area contributed by atoms with E-state index >= 15 is 0 Å². The first kappa shape index (κ1) is 13.8. The minimum Gasteiger partial charge on any atom is -0.396 e. The highest BCUT2D eigenvalue weighted by molar-refractivity contribution is 9.10. The molecule has 2 N–H and O–H groups in total. The lowest BCUT2D eigenvalue weighted by atomic mass is 10.2. The topological polar surface area (TPSA) is 32.3 Å². The highest BCUT2D eigenvalue weighted by Crippen LogP contribution is 2.25. The second-order valence-corrected chi connectivity index (χ2v) is 4.96. The van der Waals surface area contributed by atoms with Crippen molar-refractivity contribution < 1.29 is 5.11 Å². The van der Waals surface area contributed by atoms with Crippen LogP contribution >= 0.6 is 27.5 Å². The smallest absolute Gasteiger partial charge is 0.0549 e. The zero-order valence-corrected chi connectivity index (χ0v) is 11.5. The molecule has 0 aliphatic carbocycles. The van der Waals surface area contributed by atoms with Crippen molar-refractivity contribution in [2.24, 2.45) is 0 Å². The summed E-state index contributed by atoms with van der Waals surface area (Å²) in [6.07, 6.45) is 4.29. The maximum atomic E-state index is 8.62. The number of hydrogen-bond donors (Lipinski definition) is 2. The van der Waals surface area contributed by atoms with E-state index in [0.29, 0.717) is 6.61 Å². The van der Waals surface area contributed by atoms with Gasteiger partial charge in [0.1, 0.15) is 0 Å². The molecular formula is C12H17BrClNO. The lowest BCUT2D eigenvalue weighted by molar-refractivity contribution is 0.283. The first-order valence-electron chi connectivity index (χ1n) is 5.54. The molecular weight excluding hydrogens is 289 g/mol. The standard InChI is InChI=1S/C12H17BrClNO/c13-11-9-10(5-6-12(11)14)15-7-3-1-2-4-8-16/h5-6,9,15-16H,1-4,7-8H2. The molecule has 0 fully saturated rings. The summed E-state index contributed by atoms with van der Waals surface area (Å²) in [5.41, 5.74) is 1.08. The predicted octanol–water partition coefficient (Wildman–Crippen LogP) is 4.07. The van der Waals surface area contributed by atoms with E-state index in [-0.39, 0.29) is 0 Å². The van der Waals surface area contributed by atoms with Crippen LogP contribution in [0.25, 0.3) is 0 Å². The number of hydrogen-bond acceptors (Lipinski definition) is 2. The molecule has 1 aromatic rings. The molecule has 0 heterocycles. The van der Waals surface area contributed by atoms with Crippen molar-refractivity contribution in [3.8, 4) is 0 Å². The number of halogens is 2. The van der Waals surface area contributed by atoms with E-state index in [9.17, 15) is 0 Å². The van der Waals surface area contributed by atoms with Gasteiger partial charge in [-0.05, 0) is 47.0 Å². The van der Waals surface area contributed by atoms with E-state index in [4.69, 9.17) is 16.7 Å². The van der Waals surface area contributed by atoms with Crippen LogP contribution in [0, 0.1) is 0 Å². The predicted molar refractivity (Wildman–Crippen MR) is 73.2 cm³/mol. The minimum atomic E-state index is 0.303. The second-order valence-electron chi connectivity index (χ2n) is 3.69. The molecule has 0 radical (unpaired) electrons. The number of unbranched alkanes of at least 4 members (excludes halogenated alkanes) is 3. The van der Waals surface area contributed by atoms with Gasteiger partial charge < -0.3 is 10.4 Å². The summed E-state index contributed by atoms with van der Waals surface area (Å²) >= 11 is 9.29. The summed E-state index contributed by atoms with van der Waals surface area (Å²) in [7, 11) is 0. The fourth-order valence-electron chi connectivity index (χ4n) is 1.43. The zero-order chi connectivity index (χ0) is 11.8. The molecule has 0 saturated carbocycles. The van der Waals surface area contributed by atoms with Crippen LogP contribution in [0.5, 0.6) is 0 Å². The van der Waals surface area contributed by atoms with Gasteiger partial charge in [0.15, 0.2) is 0 Å². The first-order valence-corrected chi connectivity index (χ1v) is 6.71. The zero-order valence-electron chi connectivity index (χ0n) is 9.18. The van der Waals surface area contributed by atoms with Gasteiger partial charge in [-0.25, -0.2) is 0 Å². The van der Waals surface area contributed by atoms with E-state index in [2.05, 4.69) is 21.2 Å². The lowest BCUT2D eigenvalue weighted by Gasteiger charge is -2.07. The molecule has 16 heavy (non-hydrogen) atoms. The Morgan fingerprint density at radius 1 is 1.19 bits per heavy atom. The molecule has 1 aromatic carbocycles. The first-order chi connectivity index (χ1) is 7.74. The van der Waals surface area contributed by atoms with Crippen LogP contribution in [0.4, 0.5) is 5.69 Å². The van der Waals surface area contributed by atoms with Gasteiger partial charge in [-0.15, -0.1) is 0 Å². The Kier molecular flexibility index (Phi) is 6.85. The summed E-state index contributed by atoms with van der Waals surface area (Å²) in [5, 5.41) is 12.7. The highest BCUT2D eigenvalue weighted by atomic mass is 79.9. The van der Waals surface area contributed by atoms with Crippen molar-refractivity contribution in [1.82, 2.24) is 0 Å². The third kappa shape index (κ3) is 5.19. The van der Waals surface area contributed by atoms with Gasteiger partial charge in [-0.1, -0.05) is 24.4 Å². The summed E-state index contributed by atoms with van der Waals surface area (Å²) in [4.78, 5) is 0. The van der Waals surface area contributed by atoms with Gasteiger partial charge in [0.25, 0.3) is 0 Å². The van der Waals surface area contributed by atoms with Crippen molar-refractivity contribution in [2.75, 3.05) is 18.5 Å². The number of rotatable bonds is 7. The summed E-state index contributed by atoms with van der Waals surface area (Å²) in [6.45, 7) is 1.26. The van der Waals surface area contributed by atoms with Crippen molar-refractivity contribution in [3.63, 3.8) is 0 Å². The number of aliphatic hydroxyl groups is 1. The van der Waals surface area contributed by atoms with E-state index in [0.717, 1.165) is 47.4 Å². The van der Waals surface area contributed by atoms with Gasteiger partial charge in [-0.3, -0.25) is 0 Å². The van der Waals surface area contributed by atoms with Crippen molar-refractivity contribution in [3.05, 3.63) is 27.7 Å². The van der Waals surface area contributed by atoms with Gasteiger partial charge in [0, 0.05) is 23.3 Å². The quantitative estimate of drug-likeness (QED) is 0.744. The Hall–Kier alpha value is -0.250. The number of benzene rings is 1. The Labute approximate surface area is 110 Å². The van der Waals surface area contributed by atoms with Crippen LogP contribution < -0.4 is 5.32 Å². The van der Waals surface area contributed by atoms with Crippen molar-refractivity contribution >= 4 is 33.2 Å². The lowest BCUT2D eigenvalue weighted by Crippen LogP contribution is -2.01. The van der Waals surface area contributed by atoms with Gasteiger partial charge >= 0.3 is 0 Å². The molecule has 0 atom stereocenters. The Morgan fingerprint density at radius 3 is 2.62 bits per heavy atom. The molecule has 1 rings (SSSR count). The van der Waals surface area contributed by atoms with E-state index in [1.807, 2.05) is 18.2 Å². The van der Waals surface area contributed by atoms with Gasteiger partial charge in [-0.2, -0.15) is 0 Å². The highest BCUT2D eigenvalue weighted by Gasteiger charge is 1.98. The van der Waals surface area contributed by atoms with Crippen molar-refractivity contribution in [1.29, 1.82) is 0 Å². The van der Waals surface area contributed by atoms with Gasteiger partial charge in [0.2, 0.25) is 0 Å². The van der Waals surface area contributed by atoms with Crippen LogP contribution in [-0.2, 0) is 0 Å². The SMILES string of the molecule is OCCCCCCNc1ccc(Cl)c(Br)c1. The van der Waals surface area contributed by atoms with Crippen molar-refractivity contribution in [2.45, 2.75) is 25.7 Å². The van der Waals surface area contributed by atoms with E-state index in [1.54, 1.807) is 0 Å². The number of nitrogens with one attached hydrogen (secondary N) is 1. The monoisotopic (exact) mass is 305 g/mol. The minimum absolute atomic E-state index is 0.303. The molecule has 0 unspecified atom stereocenters. The number of anilines is 1. The third-order valence-electron chi connectivity index (χ3n) is 2.33. The van der Waals surface area contributed by atoms with Crippen LogP contribution in [-0.4, -0.2) is 18.3 Å². The second kappa shape index (κ2) is 7.93. The molecule has 0 aromatic heterocycles. The maximum Gasteiger partial charge on any atom is 0.0549 e. The molecule has 0 aliphatic rings. The fraction of sp³-hybridized carbons (Fsp3) is 0.500. The van der Waals surface area contributed by atoms with Crippen LogP contribution in [0.2, 0.25) is 5.02 Å². The Bertz CT molecular complexity index is 320. The van der Waals surface area contributed by atoms with Crippen LogP contribution in [0.15, 0.2) is 22.7 Å². The van der Waals surface area contributed by atoms with Crippen LogP contribution in [0.3, 0.4) is 0 Å².